The average molecular weight is 180 g/mol. The van der Waals surface area contributed by atoms with Crippen LogP contribution in [0.25, 0.3) is 0 Å². The summed E-state index contributed by atoms with van der Waals surface area (Å²) < 4.78 is 0. The van der Waals surface area contributed by atoms with Crippen molar-refractivity contribution in [3.05, 3.63) is 45.9 Å². The van der Waals surface area contributed by atoms with E-state index in [-0.39, 0.29) is 12.3 Å². The highest BCUT2D eigenvalue weighted by atomic mass is 16.6. The highest BCUT2D eigenvalue weighted by Crippen LogP contribution is 2.19. The molecule has 0 atom stereocenters. The van der Waals surface area contributed by atoms with Gasteiger partial charge in [0.15, 0.2) is 0 Å². The van der Waals surface area contributed by atoms with E-state index < -0.39 is 4.92 Å². The molecule has 0 fully saturated rings. The summed E-state index contributed by atoms with van der Waals surface area (Å²) >= 11 is 0. The van der Waals surface area contributed by atoms with Gasteiger partial charge in [-0.1, -0.05) is 12.1 Å². The number of nitrogens with zero attached hydrogens (tertiary/aromatic N) is 1. The van der Waals surface area contributed by atoms with Gasteiger partial charge in [-0.25, -0.2) is 0 Å². The number of rotatable bonds is 3. The topological polar surface area (TPSA) is 63.4 Å². The molecule has 0 aliphatic rings. The van der Waals surface area contributed by atoms with Crippen molar-refractivity contribution in [1.29, 1.82) is 0 Å². The minimum atomic E-state index is -0.427. The van der Waals surface area contributed by atoms with Crippen LogP contribution >= 0.6 is 0 Å². The van der Waals surface area contributed by atoms with Crippen LogP contribution in [0.4, 0.5) is 5.69 Å². The quantitative estimate of drug-likeness (QED) is 0.565. The van der Waals surface area contributed by atoms with E-state index in [1.54, 1.807) is 19.1 Å². The SMILES string of the molecule is Cc1ccc([CH]CO)cc1[N+](=O)[O-]. The number of nitro benzene ring substituents is 1. The molecule has 0 saturated heterocycles. The smallest absolute Gasteiger partial charge is 0.272 e. The van der Waals surface area contributed by atoms with E-state index >= 15 is 0 Å². The second-order valence-corrected chi connectivity index (χ2v) is 2.69. The maximum absolute atomic E-state index is 10.5. The zero-order chi connectivity index (χ0) is 9.84. The Hall–Kier alpha value is -1.42. The van der Waals surface area contributed by atoms with E-state index in [1.807, 2.05) is 0 Å². The highest BCUT2D eigenvalue weighted by molar-refractivity contribution is 5.44. The fraction of sp³-hybridized carbons (Fsp3) is 0.222. The molecule has 0 aliphatic heterocycles. The van der Waals surface area contributed by atoms with Crippen molar-refractivity contribution in [2.75, 3.05) is 6.61 Å². The maximum atomic E-state index is 10.5. The normalized spacial score (nSPS) is 10.0. The Morgan fingerprint density at radius 2 is 2.31 bits per heavy atom. The number of benzene rings is 1. The molecule has 0 heterocycles. The Bertz CT molecular complexity index is 323. The lowest BCUT2D eigenvalue weighted by Gasteiger charge is -2.00. The standard InChI is InChI=1S/C9H10NO3/c1-7-2-3-8(4-5-11)6-9(7)10(12)13/h2-4,6,11H,5H2,1H3. The molecule has 13 heavy (non-hydrogen) atoms. The third-order valence-electron chi connectivity index (χ3n) is 1.76. The van der Waals surface area contributed by atoms with Crippen molar-refractivity contribution >= 4 is 5.69 Å². The molecule has 0 aliphatic carbocycles. The lowest BCUT2D eigenvalue weighted by atomic mass is 10.1. The van der Waals surface area contributed by atoms with E-state index in [4.69, 9.17) is 5.11 Å². The summed E-state index contributed by atoms with van der Waals surface area (Å²) in [4.78, 5) is 10.1. The molecule has 0 saturated carbocycles. The van der Waals surface area contributed by atoms with E-state index in [9.17, 15) is 10.1 Å². The lowest BCUT2D eigenvalue weighted by Crippen LogP contribution is -1.94. The van der Waals surface area contributed by atoms with E-state index in [1.165, 1.54) is 12.5 Å². The molecule has 69 valence electrons. The van der Waals surface area contributed by atoms with Gasteiger partial charge in [0.05, 0.1) is 11.5 Å². The molecule has 1 N–H and O–H groups in total. The summed E-state index contributed by atoms with van der Waals surface area (Å²) in [5, 5.41) is 19.1. The van der Waals surface area contributed by atoms with Gasteiger partial charge in [-0.2, -0.15) is 0 Å². The minimum Gasteiger partial charge on any atom is -0.396 e. The van der Waals surface area contributed by atoms with Crippen LogP contribution in [0, 0.1) is 23.5 Å². The molecular formula is C9H10NO3. The maximum Gasteiger partial charge on any atom is 0.272 e. The van der Waals surface area contributed by atoms with E-state index in [0.717, 1.165) is 0 Å². The fourth-order valence-electron chi connectivity index (χ4n) is 1.06. The van der Waals surface area contributed by atoms with Crippen molar-refractivity contribution in [1.82, 2.24) is 0 Å². The molecule has 0 unspecified atom stereocenters. The van der Waals surface area contributed by atoms with Crippen LogP contribution in [-0.4, -0.2) is 16.6 Å². The van der Waals surface area contributed by atoms with Gasteiger partial charge < -0.3 is 5.11 Å². The molecule has 1 aromatic carbocycles. The Morgan fingerprint density at radius 1 is 1.62 bits per heavy atom. The monoisotopic (exact) mass is 180 g/mol. The summed E-state index contributed by atoms with van der Waals surface area (Å²) in [6, 6.07) is 4.85. The molecule has 1 aromatic rings. The minimum absolute atomic E-state index is 0.0854. The first-order valence-electron chi connectivity index (χ1n) is 3.84. The first kappa shape index (κ1) is 9.67. The van der Waals surface area contributed by atoms with Crippen molar-refractivity contribution < 1.29 is 10.0 Å². The van der Waals surface area contributed by atoms with E-state index in [2.05, 4.69) is 0 Å². The van der Waals surface area contributed by atoms with Crippen molar-refractivity contribution in [3.8, 4) is 0 Å². The van der Waals surface area contributed by atoms with Gasteiger partial charge >= 0.3 is 0 Å². The van der Waals surface area contributed by atoms with Crippen LogP contribution in [0.3, 0.4) is 0 Å². The highest BCUT2D eigenvalue weighted by Gasteiger charge is 2.10. The van der Waals surface area contributed by atoms with Crippen LogP contribution in [-0.2, 0) is 0 Å². The Kier molecular flexibility index (Phi) is 2.97. The summed E-state index contributed by atoms with van der Waals surface area (Å²) in [6.45, 7) is 1.57. The van der Waals surface area contributed by atoms with Crippen LogP contribution in [0.15, 0.2) is 18.2 Å². The zero-order valence-corrected chi connectivity index (χ0v) is 7.23. The Labute approximate surface area is 76.0 Å². The second-order valence-electron chi connectivity index (χ2n) is 2.69. The van der Waals surface area contributed by atoms with Crippen molar-refractivity contribution in [2.45, 2.75) is 6.92 Å². The van der Waals surface area contributed by atoms with Crippen LogP contribution in [0.2, 0.25) is 0 Å². The molecule has 1 radical (unpaired) electrons. The molecule has 0 amide bonds. The molecule has 0 aromatic heterocycles. The van der Waals surface area contributed by atoms with Gasteiger partial charge in [0, 0.05) is 18.1 Å². The van der Waals surface area contributed by atoms with Crippen LogP contribution in [0.5, 0.6) is 0 Å². The summed E-state index contributed by atoms with van der Waals surface area (Å²) in [6.07, 6.45) is 1.52. The largest absolute Gasteiger partial charge is 0.396 e. The third kappa shape index (κ3) is 2.26. The van der Waals surface area contributed by atoms with Gasteiger partial charge in [0.2, 0.25) is 0 Å². The number of nitro groups is 1. The Morgan fingerprint density at radius 3 is 2.85 bits per heavy atom. The number of aliphatic hydroxyl groups is 1. The van der Waals surface area contributed by atoms with Gasteiger partial charge in [-0.15, -0.1) is 0 Å². The molecule has 0 bridgehead atoms. The first-order chi connectivity index (χ1) is 6.15. The molecule has 1 rings (SSSR count). The van der Waals surface area contributed by atoms with E-state index in [0.29, 0.717) is 11.1 Å². The number of aryl methyl sites for hydroxylation is 1. The van der Waals surface area contributed by atoms with Gasteiger partial charge in [-0.05, 0) is 12.5 Å². The number of hydrogen-bond donors (Lipinski definition) is 1. The summed E-state index contributed by atoms with van der Waals surface area (Å²) in [7, 11) is 0. The Balaban J connectivity index is 3.04. The predicted octanol–water partition coefficient (Wildman–Crippen LogP) is 1.45. The first-order valence-corrected chi connectivity index (χ1v) is 3.84. The third-order valence-corrected chi connectivity index (χ3v) is 1.76. The van der Waals surface area contributed by atoms with Gasteiger partial charge in [-0.3, -0.25) is 10.1 Å². The summed E-state index contributed by atoms with van der Waals surface area (Å²) in [5.74, 6) is 0. The van der Waals surface area contributed by atoms with Crippen molar-refractivity contribution in [2.24, 2.45) is 0 Å². The van der Waals surface area contributed by atoms with Gasteiger partial charge in [0.1, 0.15) is 0 Å². The molecule has 4 nitrogen and oxygen atoms in total. The zero-order valence-electron chi connectivity index (χ0n) is 7.23. The van der Waals surface area contributed by atoms with Crippen LogP contribution in [0.1, 0.15) is 11.1 Å². The number of aliphatic hydroxyl groups excluding tert-OH is 1. The van der Waals surface area contributed by atoms with Crippen LogP contribution < -0.4 is 0 Å². The fourth-order valence-corrected chi connectivity index (χ4v) is 1.06. The predicted molar refractivity (Wildman–Crippen MR) is 48.3 cm³/mol. The van der Waals surface area contributed by atoms with Crippen molar-refractivity contribution in [3.63, 3.8) is 0 Å². The lowest BCUT2D eigenvalue weighted by molar-refractivity contribution is -0.385. The molecule has 0 spiro atoms. The molecule has 4 heteroatoms. The molecular weight excluding hydrogens is 170 g/mol. The second kappa shape index (κ2) is 4.00. The summed E-state index contributed by atoms with van der Waals surface area (Å²) in [5.41, 5.74) is 1.38. The average Bonchev–Trinajstić information content (AvgIpc) is 2.08. The number of hydrogen-bond acceptors (Lipinski definition) is 3. The van der Waals surface area contributed by atoms with Gasteiger partial charge in [0.25, 0.3) is 5.69 Å².